The molecule has 68 valence electrons. The molecule has 0 spiro atoms. The van der Waals surface area contributed by atoms with Crippen LogP contribution in [0.1, 0.15) is 25.2 Å². The van der Waals surface area contributed by atoms with Crippen molar-refractivity contribution in [1.29, 1.82) is 0 Å². The summed E-state index contributed by atoms with van der Waals surface area (Å²) >= 11 is 0. The zero-order valence-corrected chi connectivity index (χ0v) is 7.90. The van der Waals surface area contributed by atoms with E-state index < -0.39 is 5.54 Å². The molecule has 0 aromatic carbocycles. The maximum absolute atomic E-state index is 10.1. The van der Waals surface area contributed by atoms with Gasteiger partial charge in [0.25, 0.3) is 0 Å². The highest BCUT2D eigenvalue weighted by Gasteiger charge is 2.20. The zero-order chi connectivity index (χ0) is 9.90. The van der Waals surface area contributed by atoms with Gasteiger partial charge in [-0.1, -0.05) is 0 Å². The van der Waals surface area contributed by atoms with Gasteiger partial charge in [0.2, 0.25) is 6.08 Å². The summed E-state index contributed by atoms with van der Waals surface area (Å²) in [4.78, 5) is 22.0. The van der Waals surface area contributed by atoms with Crippen LogP contribution in [0.15, 0.2) is 17.4 Å². The molecule has 1 heterocycles. The van der Waals surface area contributed by atoms with Gasteiger partial charge in [0.1, 0.15) is 5.54 Å². The van der Waals surface area contributed by atoms with Crippen molar-refractivity contribution in [3.8, 4) is 0 Å². The average molecular weight is 177 g/mol. The Balaban J connectivity index is 3.07. The Labute approximate surface area is 76.8 Å². The number of aryl methyl sites for hydroxylation is 1. The molecule has 0 aliphatic rings. The van der Waals surface area contributed by atoms with Gasteiger partial charge in [-0.3, -0.25) is 9.97 Å². The Morgan fingerprint density at radius 3 is 2.54 bits per heavy atom. The first-order valence-corrected chi connectivity index (χ1v) is 3.94. The van der Waals surface area contributed by atoms with Crippen molar-refractivity contribution in [2.75, 3.05) is 0 Å². The molecule has 1 rings (SSSR count). The minimum absolute atomic E-state index is 0.636. The quantitative estimate of drug-likeness (QED) is 0.506. The zero-order valence-electron chi connectivity index (χ0n) is 7.90. The fourth-order valence-corrected chi connectivity index (χ4v) is 0.880. The summed E-state index contributed by atoms with van der Waals surface area (Å²) in [5.41, 5.74) is 0.874. The predicted octanol–water partition coefficient (Wildman–Crippen LogP) is 1.36. The van der Waals surface area contributed by atoms with Gasteiger partial charge < -0.3 is 0 Å². The molecular weight excluding hydrogens is 166 g/mol. The van der Waals surface area contributed by atoms with Crippen LogP contribution in [-0.2, 0) is 10.3 Å². The normalized spacial score (nSPS) is 10.7. The van der Waals surface area contributed by atoms with Crippen molar-refractivity contribution in [2.24, 2.45) is 4.99 Å². The molecule has 0 unspecified atom stereocenters. The summed E-state index contributed by atoms with van der Waals surface area (Å²) in [6, 6.07) is 0. The lowest BCUT2D eigenvalue weighted by molar-refractivity contribution is 0.510. The second-order valence-electron chi connectivity index (χ2n) is 3.31. The third-order valence-corrected chi connectivity index (χ3v) is 1.73. The number of nitrogens with zero attached hydrogens (tertiary/aromatic N) is 3. The summed E-state index contributed by atoms with van der Waals surface area (Å²) < 4.78 is 0. The van der Waals surface area contributed by atoms with Crippen molar-refractivity contribution >= 4 is 6.08 Å². The van der Waals surface area contributed by atoms with E-state index in [2.05, 4.69) is 15.0 Å². The highest BCUT2D eigenvalue weighted by Crippen LogP contribution is 2.20. The Morgan fingerprint density at radius 2 is 2.08 bits per heavy atom. The van der Waals surface area contributed by atoms with E-state index in [0.717, 1.165) is 5.69 Å². The van der Waals surface area contributed by atoms with Crippen molar-refractivity contribution < 1.29 is 4.79 Å². The van der Waals surface area contributed by atoms with E-state index in [4.69, 9.17) is 0 Å². The number of rotatable bonds is 2. The van der Waals surface area contributed by atoms with Gasteiger partial charge in [-0.2, -0.15) is 4.99 Å². The Bertz CT molecular complexity index is 336. The van der Waals surface area contributed by atoms with E-state index in [1.54, 1.807) is 26.2 Å². The molecule has 0 fully saturated rings. The SMILES string of the molecule is Cc1cnc(C(C)(C)N=C=O)cn1. The molecule has 4 nitrogen and oxygen atoms in total. The van der Waals surface area contributed by atoms with E-state index in [-0.39, 0.29) is 0 Å². The molecule has 0 saturated carbocycles. The van der Waals surface area contributed by atoms with Gasteiger partial charge in [-0.15, -0.1) is 0 Å². The van der Waals surface area contributed by atoms with Crippen LogP contribution in [0.4, 0.5) is 0 Å². The molecule has 13 heavy (non-hydrogen) atoms. The first kappa shape index (κ1) is 9.55. The van der Waals surface area contributed by atoms with Crippen molar-refractivity contribution in [1.82, 2.24) is 9.97 Å². The van der Waals surface area contributed by atoms with E-state index in [9.17, 15) is 4.79 Å². The van der Waals surface area contributed by atoms with E-state index in [1.165, 1.54) is 6.08 Å². The van der Waals surface area contributed by atoms with E-state index in [1.807, 2.05) is 6.92 Å². The molecule has 1 aromatic rings. The van der Waals surface area contributed by atoms with Gasteiger partial charge in [0, 0.05) is 6.20 Å². The number of isocyanates is 1. The van der Waals surface area contributed by atoms with Crippen LogP contribution in [-0.4, -0.2) is 16.0 Å². The molecule has 4 heteroatoms. The number of aromatic nitrogens is 2. The van der Waals surface area contributed by atoms with Crippen LogP contribution in [0.2, 0.25) is 0 Å². The molecule has 1 aromatic heterocycles. The average Bonchev–Trinajstić information content (AvgIpc) is 2.05. The third kappa shape index (κ3) is 2.20. The predicted molar refractivity (Wildman–Crippen MR) is 47.9 cm³/mol. The molecule has 0 amide bonds. The van der Waals surface area contributed by atoms with Crippen molar-refractivity contribution in [3.63, 3.8) is 0 Å². The fourth-order valence-electron chi connectivity index (χ4n) is 0.880. The minimum Gasteiger partial charge on any atom is -0.258 e. The lowest BCUT2D eigenvalue weighted by atomic mass is 10.0. The molecule has 0 aliphatic carbocycles. The van der Waals surface area contributed by atoms with Crippen LogP contribution >= 0.6 is 0 Å². The first-order chi connectivity index (χ1) is 6.06. The fraction of sp³-hybridized carbons (Fsp3) is 0.444. The van der Waals surface area contributed by atoms with E-state index in [0.29, 0.717) is 5.69 Å². The largest absolute Gasteiger partial charge is 0.258 e. The molecule has 0 bridgehead atoms. The second-order valence-corrected chi connectivity index (χ2v) is 3.31. The molecule has 0 saturated heterocycles. The van der Waals surface area contributed by atoms with Crippen molar-refractivity contribution in [2.45, 2.75) is 26.3 Å². The van der Waals surface area contributed by atoms with Crippen LogP contribution in [0.5, 0.6) is 0 Å². The van der Waals surface area contributed by atoms with Gasteiger partial charge in [0.15, 0.2) is 0 Å². The summed E-state index contributed by atoms with van der Waals surface area (Å²) in [5, 5.41) is 0. The monoisotopic (exact) mass is 177 g/mol. The van der Waals surface area contributed by atoms with Gasteiger partial charge in [0.05, 0.1) is 17.6 Å². The number of hydrogen-bond donors (Lipinski definition) is 0. The second kappa shape index (κ2) is 3.46. The van der Waals surface area contributed by atoms with Crippen LogP contribution in [0.3, 0.4) is 0 Å². The lowest BCUT2D eigenvalue weighted by Gasteiger charge is -2.15. The first-order valence-electron chi connectivity index (χ1n) is 3.94. The molecule has 0 N–H and O–H groups in total. The summed E-state index contributed by atoms with van der Waals surface area (Å²) in [6.45, 7) is 5.43. The van der Waals surface area contributed by atoms with Gasteiger partial charge in [-0.25, -0.2) is 4.79 Å². The Morgan fingerprint density at radius 1 is 1.38 bits per heavy atom. The molecule has 0 radical (unpaired) electrons. The minimum atomic E-state index is -0.636. The Kier molecular flexibility index (Phi) is 2.54. The van der Waals surface area contributed by atoms with Crippen LogP contribution < -0.4 is 0 Å². The molecule has 0 atom stereocenters. The molecule has 0 aliphatic heterocycles. The molecular formula is C9H11N3O. The number of aliphatic imine (C=N–C) groups is 1. The summed E-state index contributed by atoms with van der Waals surface area (Å²) in [6.07, 6.45) is 4.80. The maximum Gasteiger partial charge on any atom is 0.235 e. The lowest BCUT2D eigenvalue weighted by Crippen LogP contribution is -2.15. The number of hydrogen-bond acceptors (Lipinski definition) is 4. The highest BCUT2D eigenvalue weighted by molar-refractivity contribution is 5.35. The van der Waals surface area contributed by atoms with Crippen LogP contribution in [0.25, 0.3) is 0 Å². The smallest absolute Gasteiger partial charge is 0.235 e. The standard InChI is InChI=1S/C9H11N3O/c1-7-4-11-8(5-10-7)9(2,3)12-6-13/h4-5H,1-3H3. The van der Waals surface area contributed by atoms with Gasteiger partial charge in [-0.05, 0) is 20.8 Å². The van der Waals surface area contributed by atoms with Crippen molar-refractivity contribution in [3.05, 3.63) is 23.8 Å². The highest BCUT2D eigenvalue weighted by atomic mass is 16.1. The van der Waals surface area contributed by atoms with E-state index >= 15 is 0 Å². The Hall–Kier alpha value is -1.54. The van der Waals surface area contributed by atoms with Crippen LogP contribution in [0, 0.1) is 6.92 Å². The summed E-state index contributed by atoms with van der Waals surface area (Å²) in [7, 11) is 0. The maximum atomic E-state index is 10.1. The topological polar surface area (TPSA) is 55.2 Å². The third-order valence-electron chi connectivity index (χ3n) is 1.73. The summed E-state index contributed by atoms with van der Waals surface area (Å²) in [5.74, 6) is 0. The van der Waals surface area contributed by atoms with Gasteiger partial charge >= 0.3 is 0 Å². The number of carbonyl (C=O) groups excluding carboxylic acids is 1.